The summed E-state index contributed by atoms with van der Waals surface area (Å²) in [5.74, 6) is 1.14. The summed E-state index contributed by atoms with van der Waals surface area (Å²) in [6.45, 7) is 2.47. The first kappa shape index (κ1) is 12.9. The second-order valence-electron chi connectivity index (χ2n) is 4.81. The smallest absolute Gasteiger partial charge is 0.224 e. The Morgan fingerprint density at radius 3 is 2.72 bits per heavy atom. The highest BCUT2D eigenvalue weighted by atomic mass is 16.5. The molecule has 4 nitrogen and oxygen atoms in total. The zero-order valence-electron chi connectivity index (χ0n) is 11.0. The molecule has 1 saturated heterocycles. The van der Waals surface area contributed by atoms with E-state index in [2.05, 4.69) is 17.3 Å². The molecule has 1 aliphatic rings. The van der Waals surface area contributed by atoms with Gasteiger partial charge in [-0.2, -0.15) is 0 Å². The van der Waals surface area contributed by atoms with Gasteiger partial charge in [0.05, 0.1) is 13.0 Å². The van der Waals surface area contributed by atoms with E-state index in [1.807, 2.05) is 24.3 Å². The Labute approximate surface area is 108 Å². The molecule has 2 rings (SSSR count). The van der Waals surface area contributed by atoms with Crippen LogP contribution in [0.15, 0.2) is 24.3 Å². The Morgan fingerprint density at radius 2 is 2.17 bits per heavy atom. The third kappa shape index (κ3) is 3.23. The van der Waals surface area contributed by atoms with Crippen molar-refractivity contribution in [3.05, 3.63) is 29.8 Å². The van der Waals surface area contributed by atoms with Gasteiger partial charge in [-0.25, -0.2) is 0 Å². The minimum atomic E-state index is 0.147. The summed E-state index contributed by atoms with van der Waals surface area (Å²) < 4.78 is 5.09. The lowest BCUT2D eigenvalue weighted by molar-refractivity contribution is -0.124. The lowest BCUT2D eigenvalue weighted by Gasteiger charge is -2.11. The maximum absolute atomic E-state index is 11.9. The van der Waals surface area contributed by atoms with Gasteiger partial charge in [-0.1, -0.05) is 12.1 Å². The van der Waals surface area contributed by atoms with Gasteiger partial charge in [0.2, 0.25) is 5.91 Å². The third-order valence-corrected chi connectivity index (χ3v) is 3.39. The fraction of sp³-hybridized carbons (Fsp3) is 0.500. The number of hydrogen-bond donors (Lipinski definition) is 1. The maximum atomic E-state index is 11.9. The number of rotatable bonds is 4. The number of carbonyl (C=O) groups is 1. The number of methoxy groups -OCH3 is 1. The summed E-state index contributed by atoms with van der Waals surface area (Å²) in [7, 11) is 3.70. The van der Waals surface area contributed by atoms with Gasteiger partial charge in [0.1, 0.15) is 5.75 Å². The summed E-state index contributed by atoms with van der Waals surface area (Å²) in [6, 6.07) is 7.76. The number of hydrogen-bond acceptors (Lipinski definition) is 3. The SMILES string of the molecule is COc1ccc(CNC(=O)C2CCN(C)C2)cc1. The number of nitrogens with one attached hydrogen (secondary N) is 1. The van der Waals surface area contributed by atoms with Gasteiger partial charge < -0.3 is 15.0 Å². The predicted molar refractivity (Wildman–Crippen MR) is 70.4 cm³/mol. The minimum absolute atomic E-state index is 0.147. The number of ether oxygens (including phenoxy) is 1. The van der Waals surface area contributed by atoms with E-state index in [9.17, 15) is 4.79 Å². The Kier molecular flexibility index (Phi) is 4.20. The van der Waals surface area contributed by atoms with Crippen LogP contribution >= 0.6 is 0 Å². The van der Waals surface area contributed by atoms with Crippen LogP contribution in [0.5, 0.6) is 5.75 Å². The molecule has 1 aromatic rings. The molecular formula is C14H20N2O2. The molecular weight excluding hydrogens is 228 g/mol. The van der Waals surface area contributed by atoms with Gasteiger partial charge in [-0.3, -0.25) is 4.79 Å². The van der Waals surface area contributed by atoms with Gasteiger partial charge in [-0.15, -0.1) is 0 Å². The Hall–Kier alpha value is -1.55. The van der Waals surface area contributed by atoms with Crippen molar-refractivity contribution >= 4 is 5.91 Å². The molecule has 1 aromatic carbocycles. The van der Waals surface area contributed by atoms with Crippen molar-refractivity contribution in [2.45, 2.75) is 13.0 Å². The number of benzene rings is 1. The molecule has 0 bridgehead atoms. The summed E-state index contributed by atoms with van der Waals surface area (Å²) >= 11 is 0. The van der Waals surface area contributed by atoms with Crippen LogP contribution in [0.3, 0.4) is 0 Å². The average molecular weight is 248 g/mol. The second kappa shape index (κ2) is 5.87. The van der Waals surface area contributed by atoms with Crippen LogP contribution in [0, 0.1) is 5.92 Å². The Morgan fingerprint density at radius 1 is 1.44 bits per heavy atom. The summed E-state index contributed by atoms with van der Waals surface area (Å²) in [4.78, 5) is 14.1. The molecule has 1 heterocycles. The van der Waals surface area contributed by atoms with E-state index in [0.29, 0.717) is 6.54 Å². The number of likely N-dealkylation sites (tertiary alicyclic amines) is 1. The highest BCUT2D eigenvalue weighted by molar-refractivity contribution is 5.79. The molecule has 1 fully saturated rings. The van der Waals surface area contributed by atoms with Crippen molar-refractivity contribution < 1.29 is 9.53 Å². The molecule has 4 heteroatoms. The van der Waals surface area contributed by atoms with Crippen molar-refractivity contribution in [1.82, 2.24) is 10.2 Å². The van der Waals surface area contributed by atoms with Gasteiger partial charge in [0.25, 0.3) is 0 Å². The molecule has 1 N–H and O–H groups in total. The lowest BCUT2D eigenvalue weighted by atomic mass is 10.1. The van der Waals surface area contributed by atoms with Gasteiger partial charge in [-0.05, 0) is 37.7 Å². The zero-order chi connectivity index (χ0) is 13.0. The largest absolute Gasteiger partial charge is 0.497 e. The van der Waals surface area contributed by atoms with Crippen molar-refractivity contribution in [3.63, 3.8) is 0 Å². The molecule has 0 spiro atoms. The molecule has 1 unspecified atom stereocenters. The molecule has 1 atom stereocenters. The minimum Gasteiger partial charge on any atom is -0.497 e. The molecule has 0 aliphatic carbocycles. The zero-order valence-corrected chi connectivity index (χ0v) is 11.0. The molecule has 18 heavy (non-hydrogen) atoms. The first-order valence-corrected chi connectivity index (χ1v) is 6.28. The fourth-order valence-electron chi connectivity index (χ4n) is 2.23. The van der Waals surface area contributed by atoms with Crippen molar-refractivity contribution in [3.8, 4) is 5.75 Å². The normalized spacial score (nSPS) is 19.8. The quantitative estimate of drug-likeness (QED) is 0.872. The molecule has 1 amide bonds. The highest BCUT2D eigenvalue weighted by Gasteiger charge is 2.25. The topological polar surface area (TPSA) is 41.6 Å². The second-order valence-corrected chi connectivity index (χ2v) is 4.81. The van der Waals surface area contributed by atoms with E-state index >= 15 is 0 Å². The first-order valence-electron chi connectivity index (χ1n) is 6.28. The molecule has 98 valence electrons. The molecule has 1 aliphatic heterocycles. The molecule has 0 radical (unpaired) electrons. The van der Waals surface area contributed by atoms with E-state index in [1.165, 1.54) is 0 Å². The van der Waals surface area contributed by atoms with E-state index in [-0.39, 0.29) is 11.8 Å². The summed E-state index contributed by atoms with van der Waals surface area (Å²) in [6.07, 6.45) is 0.963. The van der Waals surface area contributed by atoms with Crippen molar-refractivity contribution in [2.24, 2.45) is 5.92 Å². The average Bonchev–Trinajstić information content (AvgIpc) is 2.83. The monoisotopic (exact) mass is 248 g/mol. The Balaban J connectivity index is 1.81. The van der Waals surface area contributed by atoms with Crippen LogP contribution in [-0.2, 0) is 11.3 Å². The molecule has 0 saturated carbocycles. The van der Waals surface area contributed by atoms with E-state index in [4.69, 9.17) is 4.74 Å². The summed E-state index contributed by atoms with van der Waals surface area (Å²) in [5.41, 5.74) is 1.09. The standard InChI is InChI=1S/C14H20N2O2/c1-16-8-7-12(10-16)14(17)15-9-11-3-5-13(18-2)6-4-11/h3-6,12H,7-10H2,1-2H3,(H,15,17). The number of carbonyl (C=O) groups excluding carboxylic acids is 1. The molecule has 0 aromatic heterocycles. The van der Waals surface area contributed by atoms with Gasteiger partial charge >= 0.3 is 0 Å². The summed E-state index contributed by atoms with van der Waals surface area (Å²) in [5, 5.41) is 2.99. The highest BCUT2D eigenvalue weighted by Crippen LogP contribution is 2.15. The first-order chi connectivity index (χ1) is 8.69. The van der Waals surface area contributed by atoms with Crippen LogP contribution in [0.25, 0.3) is 0 Å². The maximum Gasteiger partial charge on any atom is 0.224 e. The van der Waals surface area contributed by atoms with Crippen LogP contribution in [0.1, 0.15) is 12.0 Å². The van der Waals surface area contributed by atoms with Gasteiger partial charge in [0, 0.05) is 13.1 Å². The van der Waals surface area contributed by atoms with Crippen LogP contribution < -0.4 is 10.1 Å². The number of amides is 1. The van der Waals surface area contributed by atoms with E-state index in [1.54, 1.807) is 7.11 Å². The van der Waals surface area contributed by atoms with Crippen LogP contribution in [0.4, 0.5) is 0 Å². The van der Waals surface area contributed by atoms with E-state index < -0.39 is 0 Å². The van der Waals surface area contributed by atoms with Crippen LogP contribution in [0.2, 0.25) is 0 Å². The lowest BCUT2D eigenvalue weighted by Crippen LogP contribution is -2.31. The van der Waals surface area contributed by atoms with Crippen molar-refractivity contribution in [2.75, 3.05) is 27.2 Å². The fourth-order valence-corrected chi connectivity index (χ4v) is 2.23. The van der Waals surface area contributed by atoms with Crippen LogP contribution in [-0.4, -0.2) is 38.1 Å². The third-order valence-electron chi connectivity index (χ3n) is 3.39. The predicted octanol–water partition coefficient (Wildman–Crippen LogP) is 1.26. The van der Waals surface area contributed by atoms with E-state index in [0.717, 1.165) is 30.8 Å². The number of nitrogens with zero attached hydrogens (tertiary/aromatic N) is 1. The Bertz CT molecular complexity index is 403. The van der Waals surface area contributed by atoms with Crippen molar-refractivity contribution in [1.29, 1.82) is 0 Å². The van der Waals surface area contributed by atoms with Gasteiger partial charge in [0.15, 0.2) is 0 Å².